The zero-order valence-corrected chi connectivity index (χ0v) is 9.83. The van der Waals surface area contributed by atoms with Gasteiger partial charge in [-0.15, -0.1) is 0 Å². The van der Waals surface area contributed by atoms with Crippen molar-refractivity contribution in [2.24, 2.45) is 0 Å². The van der Waals surface area contributed by atoms with E-state index in [4.69, 9.17) is 0 Å². The van der Waals surface area contributed by atoms with Gasteiger partial charge in [-0.1, -0.05) is 6.92 Å². The van der Waals surface area contributed by atoms with Gasteiger partial charge in [-0.05, 0) is 25.7 Å². The molecule has 1 heterocycles. The molecule has 1 aliphatic rings. The summed E-state index contributed by atoms with van der Waals surface area (Å²) in [5.41, 5.74) is -0.744. The quantitative estimate of drug-likeness (QED) is 0.507. The Morgan fingerprint density at radius 1 is 1.44 bits per heavy atom. The van der Waals surface area contributed by atoms with Crippen molar-refractivity contribution in [2.45, 2.75) is 44.2 Å². The largest absolute Gasteiger partial charge is 0.394 e. The number of aliphatic hydroxyl groups is 2. The Morgan fingerprint density at radius 3 is 2.69 bits per heavy atom. The maximum Gasteiger partial charge on any atom is 0.237 e. The summed E-state index contributed by atoms with van der Waals surface area (Å²) in [5, 5.41) is 24.5. The van der Waals surface area contributed by atoms with Gasteiger partial charge in [-0.25, -0.2) is 0 Å². The molecule has 0 radical (unpaired) electrons. The Hall–Kier alpha value is -0.650. The molecule has 1 aliphatic heterocycles. The lowest BCUT2D eigenvalue weighted by molar-refractivity contribution is -0.123. The van der Waals surface area contributed by atoms with E-state index in [9.17, 15) is 15.0 Å². The number of nitrogens with one attached hydrogen (secondary N) is 2. The third kappa shape index (κ3) is 3.17. The third-order valence-electron chi connectivity index (χ3n) is 3.30. The molecule has 4 N–H and O–H groups in total. The van der Waals surface area contributed by atoms with E-state index < -0.39 is 5.54 Å². The van der Waals surface area contributed by atoms with Crippen LogP contribution >= 0.6 is 0 Å². The predicted octanol–water partition coefficient (Wildman–Crippen LogP) is -0.622. The molecule has 16 heavy (non-hydrogen) atoms. The third-order valence-corrected chi connectivity index (χ3v) is 3.30. The van der Waals surface area contributed by atoms with E-state index in [1.807, 2.05) is 6.92 Å². The standard InChI is InChI=1S/C11H22N2O3/c1-2-11(7-14,8-15)13-9-5-3-4-6-12-10(9)16/h9,13-15H,2-8H2,1H3,(H,12,16). The summed E-state index contributed by atoms with van der Waals surface area (Å²) >= 11 is 0. The molecule has 0 aliphatic carbocycles. The first-order chi connectivity index (χ1) is 7.67. The van der Waals surface area contributed by atoms with Crippen LogP contribution in [0.15, 0.2) is 0 Å². The lowest BCUT2D eigenvalue weighted by atomic mass is 9.96. The average molecular weight is 230 g/mol. The smallest absolute Gasteiger partial charge is 0.237 e. The number of hydrogen-bond acceptors (Lipinski definition) is 4. The fourth-order valence-corrected chi connectivity index (χ4v) is 1.91. The summed E-state index contributed by atoms with van der Waals surface area (Å²) in [6.07, 6.45) is 3.31. The van der Waals surface area contributed by atoms with Crippen LogP contribution in [-0.2, 0) is 4.79 Å². The van der Waals surface area contributed by atoms with E-state index in [0.717, 1.165) is 19.3 Å². The topological polar surface area (TPSA) is 81.6 Å². The van der Waals surface area contributed by atoms with Gasteiger partial charge in [0.2, 0.25) is 5.91 Å². The van der Waals surface area contributed by atoms with E-state index in [1.165, 1.54) is 0 Å². The van der Waals surface area contributed by atoms with Crippen LogP contribution in [0.4, 0.5) is 0 Å². The van der Waals surface area contributed by atoms with Crippen LogP contribution in [0.5, 0.6) is 0 Å². The number of carbonyl (C=O) groups is 1. The van der Waals surface area contributed by atoms with Crippen molar-refractivity contribution in [3.63, 3.8) is 0 Å². The summed E-state index contributed by atoms with van der Waals surface area (Å²) in [6, 6.07) is -0.304. The van der Waals surface area contributed by atoms with Gasteiger partial charge in [0.25, 0.3) is 0 Å². The van der Waals surface area contributed by atoms with Crippen LogP contribution in [-0.4, -0.2) is 47.5 Å². The van der Waals surface area contributed by atoms with Crippen LogP contribution in [0.2, 0.25) is 0 Å². The van der Waals surface area contributed by atoms with Gasteiger partial charge in [-0.3, -0.25) is 10.1 Å². The lowest BCUT2D eigenvalue weighted by Gasteiger charge is -2.33. The Bertz CT molecular complexity index is 221. The van der Waals surface area contributed by atoms with Crippen molar-refractivity contribution in [1.29, 1.82) is 0 Å². The van der Waals surface area contributed by atoms with Gasteiger partial charge in [0.1, 0.15) is 0 Å². The molecule has 0 aromatic heterocycles. The molecule has 1 amide bonds. The van der Waals surface area contributed by atoms with E-state index in [-0.39, 0.29) is 25.2 Å². The molecule has 1 fully saturated rings. The average Bonchev–Trinajstić information content (AvgIpc) is 2.52. The van der Waals surface area contributed by atoms with Crippen molar-refractivity contribution in [3.05, 3.63) is 0 Å². The summed E-state index contributed by atoms with van der Waals surface area (Å²) in [5.74, 6) is -0.0303. The molecule has 0 aromatic carbocycles. The first kappa shape index (κ1) is 13.4. The molecule has 1 unspecified atom stereocenters. The molecule has 0 bridgehead atoms. The van der Waals surface area contributed by atoms with Crippen molar-refractivity contribution in [2.75, 3.05) is 19.8 Å². The maximum absolute atomic E-state index is 11.7. The van der Waals surface area contributed by atoms with Gasteiger partial charge in [0.15, 0.2) is 0 Å². The highest BCUT2D eigenvalue weighted by molar-refractivity contribution is 5.82. The molecule has 1 rings (SSSR count). The zero-order valence-electron chi connectivity index (χ0n) is 9.83. The van der Waals surface area contributed by atoms with Crippen molar-refractivity contribution in [3.8, 4) is 0 Å². The normalized spacial score (nSPS) is 22.7. The molecule has 5 heteroatoms. The first-order valence-electron chi connectivity index (χ1n) is 5.94. The number of amides is 1. The van der Waals surface area contributed by atoms with Crippen molar-refractivity contribution >= 4 is 5.91 Å². The number of carbonyl (C=O) groups excluding carboxylic acids is 1. The monoisotopic (exact) mass is 230 g/mol. The van der Waals surface area contributed by atoms with Gasteiger partial charge in [-0.2, -0.15) is 0 Å². The molecular formula is C11H22N2O3. The summed E-state index contributed by atoms with van der Waals surface area (Å²) in [4.78, 5) is 11.7. The number of hydrogen-bond donors (Lipinski definition) is 4. The number of aliphatic hydroxyl groups excluding tert-OH is 2. The SMILES string of the molecule is CCC(CO)(CO)NC1CCCCNC1=O. The van der Waals surface area contributed by atoms with E-state index in [1.54, 1.807) is 0 Å². The van der Waals surface area contributed by atoms with Crippen LogP contribution in [0.25, 0.3) is 0 Å². The molecule has 1 atom stereocenters. The minimum Gasteiger partial charge on any atom is -0.394 e. The summed E-state index contributed by atoms with van der Waals surface area (Å²) in [7, 11) is 0. The Morgan fingerprint density at radius 2 is 2.12 bits per heavy atom. The fraction of sp³-hybridized carbons (Fsp3) is 0.909. The highest BCUT2D eigenvalue weighted by Gasteiger charge is 2.32. The van der Waals surface area contributed by atoms with Crippen LogP contribution < -0.4 is 10.6 Å². The van der Waals surface area contributed by atoms with Gasteiger partial charge in [0.05, 0.1) is 24.8 Å². The zero-order chi connectivity index (χ0) is 12.0. The van der Waals surface area contributed by atoms with E-state index in [2.05, 4.69) is 10.6 Å². The van der Waals surface area contributed by atoms with E-state index >= 15 is 0 Å². The lowest BCUT2D eigenvalue weighted by Crippen LogP contribution is -2.58. The Labute approximate surface area is 96.2 Å². The molecule has 0 saturated carbocycles. The predicted molar refractivity (Wildman–Crippen MR) is 61.0 cm³/mol. The van der Waals surface area contributed by atoms with Crippen molar-refractivity contribution in [1.82, 2.24) is 10.6 Å². The second-order valence-corrected chi connectivity index (χ2v) is 4.43. The second-order valence-electron chi connectivity index (χ2n) is 4.43. The fourth-order valence-electron chi connectivity index (χ4n) is 1.91. The van der Waals surface area contributed by atoms with Crippen LogP contribution in [0.3, 0.4) is 0 Å². The highest BCUT2D eigenvalue weighted by atomic mass is 16.3. The van der Waals surface area contributed by atoms with E-state index in [0.29, 0.717) is 13.0 Å². The minimum atomic E-state index is -0.744. The highest BCUT2D eigenvalue weighted by Crippen LogP contribution is 2.14. The van der Waals surface area contributed by atoms with Gasteiger partial charge >= 0.3 is 0 Å². The summed E-state index contributed by atoms with van der Waals surface area (Å²) in [6.45, 7) is 2.27. The molecule has 0 aromatic rings. The summed E-state index contributed by atoms with van der Waals surface area (Å²) < 4.78 is 0. The van der Waals surface area contributed by atoms with Crippen LogP contribution in [0, 0.1) is 0 Å². The number of rotatable bonds is 5. The second kappa shape index (κ2) is 6.18. The van der Waals surface area contributed by atoms with Gasteiger partial charge < -0.3 is 15.5 Å². The molecule has 5 nitrogen and oxygen atoms in total. The molecule has 1 saturated heterocycles. The molecule has 0 spiro atoms. The molecule has 94 valence electrons. The van der Waals surface area contributed by atoms with Crippen LogP contribution in [0.1, 0.15) is 32.6 Å². The molecular weight excluding hydrogens is 208 g/mol. The maximum atomic E-state index is 11.7. The van der Waals surface area contributed by atoms with Crippen molar-refractivity contribution < 1.29 is 15.0 Å². The Kier molecular flexibility index (Phi) is 5.18. The first-order valence-corrected chi connectivity index (χ1v) is 5.94. The Balaban J connectivity index is 2.64. The van der Waals surface area contributed by atoms with Gasteiger partial charge in [0, 0.05) is 6.54 Å². The minimum absolute atomic E-state index is 0.0303.